The van der Waals surface area contributed by atoms with Crippen molar-refractivity contribution in [2.75, 3.05) is 5.73 Å². The Balaban J connectivity index is 2.31. The summed E-state index contributed by atoms with van der Waals surface area (Å²) < 4.78 is 6.13. The first-order valence-corrected chi connectivity index (χ1v) is 5.98. The Bertz CT molecular complexity index is 587. The number of nitrogens with two attached hydrogens (primary N) is 1. The molecule has 2 N–H and O–H groups in total. The summed E-state index contributed by atoms with van der Waals surface area (Å²) in [6, 6.07) is 6.39. The van der Waals surface area contributed by atoms with Crippen molar-refractivity contribution < 1.29 is 9.53 Å². The molecular formula is C11H7BrClN3O2. The van der Waals surface area contributed by atoms with E-state index in [2.05, 4.69) is 25.9 Å². The summed E-state index contributed by atoms with van der Waals surface area (Å²) in [5, 5.41) is 0.185. The third-order valence-corrected chi connectivity index (χ3v) is 2.92. The van der Waals surface area contributed by atoms with Gasteiger partial charge in [0.15, 0.2) is 6.29 Å². The molecule has 0 atom stereocenters. The molecule has 0 spiro atoms. The van der Waals surface area contributed by atoms with Crippen molar-refractivity contribution >= 4 is 39.8 Å². The van der Waals surface area contributed by atoms with Gasteiger partial charge in [0.2, 0.25) is 11.8 Å². The van der Waals surface area contributed by atoms with Gasteiger partial charge >= 0.3 is 0 Å². The lowest BCUT2D eigenvalue weighted by atomic mass is 10.2. The fourth-order valence-corrected chi connectivity index (χ4v) is 1.78. The van der Waals surface area contributed by atoms with Crippen LogP contribution in [0.1, 0.15) is 10.4 Å². The van der Waals surface area contributed by atoms with Gasteiger partial charge in [-0.25, -0.2) is 4.98 Å². The van der Waals surface area contributed by atoms with E-state index in [-0.39, 0.29) is 17.0 Å². The molecule has 2 rings (SSSR count). The van der Waals surface area contributed by atoms with Crippen molar-refractivity contribution in [3.8, 4) is 11.6 Å². The van der Waals surface area contributed by atoms with Gasteiger partial charge in [-0.1, -0.05) is 27.5 Å². The normalized spacial score (nSPS) is 10.1. The Hall–Kier alpha value is -1.66. The number of carbonyl (C=O) groups is 1. The van der Waals surface area contributed by atoms with Crippen LogP contribution in [-0.2, 0) is 0 Å². The summed E-state index contributed by atoms with van der Waals surface area (Å²) in [4.78, 5) is 18.4. The van der Waals surface area contributed by atoms with Gasteiger partial charge in [0.25, 0.3) is 0 Å². The first-order chi connectivity index (χ1) is 8.58. The molecule has 0 saturated carbocycles. The van der Waals surface area contributed by atoms with Gasteiger partial charge < -0.3 is 10.5 Å². The van der Waals surface area contributed by atoms with Gasteiger partial charge in [-0.15, -0.1) is 0 Å². The Kier molecular flexibility index (Phi) is 3.78. The van der Waals surface area contributed by atoms with Crippen LogP contribution >= 0.6 is 27.5 Å². The molecule has 0 aliphatic rings. The number of aldehydes is 1. The van der Waals surface area contributed by atoms with Crippen molar-refractivity contribution in [3.63, 3.8) is 0 Å². The van der Waals surface area contributed by atoms with Gasteiger partial charge in [-0.2, -0.15) is 4.98 Å². The van der Waals surface area contributed by atoms with Crippen molar-refractivity contribution in [3.05, 3.63) is 39.5 Å². The van der Waals surface area contributed by atoms with Crippen molar-refractivity contribution in [1.82, 2.24) is 9.97 Å². The summed E-state index contributed by atoms with van der Waals surface area (Å²) in [5.41, 5.74) is 5.92. The number of rotatable bonds is 3. The average molecular weight is 329 g/mol. The number of ether oxygens (including phenoxy) is 1. The molecule has 5 nitrogen and oxygen atoms in total. The predicted molar refractivity (Wildman–Crippen MR) is 71.1 cm³/mol. The highest BCUT2D eigenvalue weighted by molar-refractivity contribution is 9.10. The highest BCUT2D eigenvalue weighted by Gasteiger charge is 2.06. The quantitative estimate of drug-likeness (QED) is 0.692. The lowest BCUT2D eigenvalue weighted by Crippen LogP contribution is -1.97. The third kappa shape index (κ3) is 2.96. The molecule has 1 aromatic carbocycles. The number of anilines is 1. The lowest BCUT2D eigenvalue weighted by molar-refractivity contribution is 0.112. The summed E-state index contributed by atoms with van der Waals surface area (Å²) in [6.07, 6.45) is 0.720. The van der Waals surface area contributed by atoms with Crippen molar-refractivity contribution in [2.24, 2.45) is 0 Å². The molecule has 0 unspecified atom stereocenters. The molecule has 0 aliphatic heterocycles. The van der Waals surface area contributed by atoms with Gasteiger partial charge in [-0.3, -0.25) is 4.79 Å². The Morgan fingerprint density at radius 1 is 1.33 bits per heavy atom. The fraction of sp³-hybridized carbons (Fsp3) is 0. The van der Waals surface area contributed by atoms with Crippen LogP contribution in [0.3, 0.4) is 0 Å². The van der Waals surface area contributed by atoms with Crippen LogP contribution in [0.15, 0.2) is 28.7 Å². The standard InChI is InChI=1S/C11H7BrClN3O2/c12-8-2-1-7(3-6(8)5-17)18-10-4-9(13)15-11(14)16-10/h1-5H,(H2,14,15,16). The molecule has 0 saturated heterocycles. The van der Waals surface area contributed by atoms with Gasteiger partial charge in [0.1, 0.15) is 10.9 Å². The highest BCUT2D eigenvalue weighted by atomic mass is 79.9. The first kappa shape index (κ1) is 12.8. The molecule has 0 bridgehead atoms. The molecule has 0 amide bonds. The number of benzene rings is 1. The lowest BCUT2D eigenvalue weighted by Gasteiger charge is -2.06. The van der Waals surface area contributed by atoms with Crippen LogP contribution in [0.2, 0.25) is 5.15 Å². The van der Waals surface area contributed by atoms with Crippen LogP contribution in [0.5, 0.6) is 11.6 Å². The average Bonchev–Trinajstić information content (AvgIpc) is 2.30. The van der Waals surface area contributed by atoms with E-state index in [1.165, 1.54) is 6.07 Å². The monoisotopic (exact) mass is 327 g/mol. The first-order valence-electron chi connectivity index (χ1n) is 4.81. The topological polar surface area (TPSA) is 78.1 Å². The van der Waals surface area contributed by atoms with E-state index in [0.717, 1.165) is 6.29 Å². The van der Waals surface area contributed by atoms with Crippen LogP contribution in [0.25, 0.3) is 0 Å². The number of nitrogens with zero attached hydrogens (tertiary/aromatic N) is 2. The zero-order valence-electron chi connectivity index (χ0n) is 8.93. The second-order valence-electron chi connectivity index (χ2n) is 3.29. The van der Waals surface area contributed by atoms with E-state index in [0.29, 0.717) is 15.8 Å². The summed E-state index contributed by atoms with van der Waals surface area (Å²) in [5.74, 6) is 0.686. The molecule has 2 aromatic rings. The van der Waals surface area contributed by atoms with Crippen LogP contribution in [0, 0.1) is 0 Å². The van der Waals surface area contributed by atoms with Crippen molar-refractivity contribution in [2.45, 2.75) is 0 Å². The second kappa shape index (κ2) is 5.32. The number of halogens is 2. The molecular weight excluding hydrogens is 321 g/mol. The molecule has 92 valence electrons. The van der Waals surface area contributed by atoms with E-state index in [4.69, 9.17) is 22.1 Å². The van der Waals surface area contributed by atoms with Crippen LogP contribution in [-0.4, -0.2) is 16.3 Å². The van der Waals surface area contributed by atoms with Gasteiger partial charge in [0.05, 0.1) is 0 Å². The van der Waals surface area contributed by atoms with E-state index in [1.54, 1.807) is 18.2 Å². The minimum absolute atomic E-state index is 0.0187. The number of hydrogen-bond acceptors (Lipinski definition) is 5. The van der Waals surface area contributed by atoms with E-state index in [9.17, 15) is 4.79 Å². The van der Waals surface area contributed by atoms with E-state index < -0.39 is 0 Å². The summed E-state index contributed by atoms with van der Waals surface area (Å²) in [7, 11) is 0. The minimum atomic E-state index is 0.0187. The maximum atomic E-state index is 10.8. The summed E-state index contributed by atoms with van der Waals surface area (Å²) >= 11 is 8.97. The zero-order valence-corrected chi connectivity index (χ0v) is 11.3. The van der Waals surface area contributed by atoms with Gasteiger partial charge in [0, 0.05) is 16.1 Å². The van der Waals surface area contributed by atoms with Crippen LogP contribution in [0.4, 0.5) is 5.95 Å². The Morgan fingerprint density at radius 3 is 2.78 bits per heavy atom. The smallest absolute Gasteiger partial charge is 0.225 e. The predicted octanol–water partition coefficient (Wildman–Crippen LogP) is 3.08. The molecule has 1 aromatic heterocycles. The highest BCUT2D eigenvalue weighted by Crippen LogP contribution is 2.26. The number of nitrogen functional groups attached to an aromatic ring is 1. The SMILES string of the molecule is Nc1nc(Cl)cc(Oc2ccc(Br)c(C=O)c2)n1. The maximum Gasteiger partial charge on any atom is 0.225 e. The molecule has 0 aliphatic carbocycles. The largest absolute Gasteiger partial charge is 0.439 e. The third-order valence-electron chi connectivity index (χ3n) is 2.01. The second-order valence-corrected chi connectivity index (χ2v) is 4.53. The molecule has 18 heavy (non-hydrogen) atoms. The van der Waals surface area contributed by atoms with Crippen molar-refractivity contribution in [1.29, 1.82) is 0 Å². The Morgan fingerprint density at radius 2 is 2.11 bits per heavy atom. The molecule has 1 heterocycles. The minimum Gasteiger partial charge on any atom is -0.439 e. The maximum absolute atomic E-state index is 10.8. The molecule has 7 heteroatoms. The number of aromatic nitrogens is 2. The summed E-state index contributed by atoms with van der Waals surface area (Å²) in [6.45, 7) is 0. The van der Waals surface area contributed by atoms with Crippen LogP contribution < -0.4 is 10.5 Å². The molecule has 0 fully saturated rings. The zero-order chi connectivity index (χ0) is 13.1. The van der Waals surface area contributed by atoms with E-state index >= 15 is 0 Å². The van der Waals surface area contributed by atoms with E-state index in [1.807, 2.05) is 0 Å². The number of hydrogen-bond donors (Lipinski definition) is 1. The number of carbonyl (C=O) groups excluding carboxylic acids is 1. The molecule has 0 radical (unpaired) electrons. The Labute approximate surface area is 116 Å². The van der Waals surface area contributed by atoms with Gasteiger partial charge in [-0.05, 0) is 18.2 Å². The fourth-order valence-electron chi connectivity index (χ4n) is 1.26.